The van der Waals surface area contributed by atoms with Gasteiger partial charge in [-0.2, -0.15) is 0 Å². The van der Waals surface area contributed by atoms with E-state index in [1.54, 1.807) is 48.7 Å². The standard InChI is InChI=1S/C28H21FN4O3/c29-23-10-4-18(5-11-23)16-31-28(36)32-24-3-1-2-22(14-24)25-17-30-26-15-21(12-13-33(25)26)19-6-8-20(9-7-19)27(34)35/h1-15,17H,16H2,(H,34,35)(H2,31,32,36). The van der Waals surface area contributed by atoms with Crippen LogP contribution in [0.4, 0.5) is 14.9 Å². The van der Waals surface area contributed by atoms with Gasteiger partial charge in [0.1, 0.15) is 11.5 Å². The SMILES string of the molecule is O=C(NCc1ccc(F)cc1)Nc1cccc(-c2cnc3cc(-c4ccc(C(=O)O)cc4)ccn23)c1. The molecule has 5 rings (SSSR count). The lowest BCUT2D eigenvalue weighted by atomic mass is 10.0. The van der Waals surface area contributed by atoms with Crippen molar-refractivity contribution in [2.24, 2.45) is 0 Å². The van der Waals surface area contributed by atoms with Crippen molar-refractivity contribution >= 4 is 23.3 Å². The van der Waals surface area contributed by atoms with Crippen LogP contribution in [0.25, 0.3) is 28.0 Å². The molecule has 0 radical (unpaired) electrons. The Kier molecular flexibility index (Phi) is 6.15. The van der Waals surface area contributed by atoms with Gasteiger partial charge in [0.05, 0.1) is 17.5 Å². The Bertz CT molecular complexity index is 1560. The predicted molar refractivity (Wildman–Crippen MR) is 135 cm³/mol. The molecule has 0 spiro atoms. The van der Waals surface area contributed by atoms with Crippen molar-refractivity contribution in [3.05, 3.63) is 114 Å². The molecule has 8 heteroatoms. The van der Waals surface area contributed by atoms with E-state index in [1.165, 1.54) is 12.1 Å². The van der Waals surface area contributed by atoms with Crippen molar-refractivity contribution in [1.29, 1.82) is 0 Å². The van der Waals surface area contributed by atoms with Gasteiger partial charge in [-0.25, -0.2) is 19.0 Å². The summed E-state index contributed by atoms with van der Waals surface area (Å²) in [5.41, 5.74) is 5.93. The highest BCUT2D eigenvalue weighted by atomic mass is 19.1. The number of rotatable bonds is 6. The molecule has 0 aliphatic heterocycles. The van der Waals surface area contributed by atoms with Crippen LogP contribution in [0.3, 0.4) is 0 Å². The number of carbonyl (C=O) groups is 2. The summed E-state index contributed by atoms with van der Waals surface area (Å²) in [6, 6.07) is 23.6. The fraction of sp³-hybridized carbons (Fsp3) is 0.0357. The molecule has 0 unspecified atom stereocenters. The monoisotopic (exact) mass is 480 g/mol. The molecule has 3 aromatic carbocycles. The van der Waals surface area contributed by atoms with Crippen molar-refractivity contribution in [1.82, 2.24) is 14.7 Å². The molecule has 2 aromatic heterocycles. The molecule has 7 nitrogen and oxygen atoms in total. The number of carboxylic acids is 1. The average molecular weight is 480 g/mol. The number of aromatic carboxylic acids is 1. The number of imidazole rings is 1. The fourth-order valence-electron chi connectivity index (χ4n) is 3.90. The first-order valence-corrected chi connectivity index (χ1v) is 11.2. The van der Waals surface area contributed by atoms with E-state index in [4.69, 9.17) is 5.11 Å². The summed E-state index contributed by atoms with van der Waals surface area (Å²) < 4.78 is 15.0. The van der Waals surface area contributed by atoms with E-state index in [0.717, 1.165) is 33.6 Å². The third-order valence-electron chi connectivity index (χ3n) is 5.76. The third-order valence-corrected chi connectivity index (χ3v) is 5.76. The van der Waals surface area contributed by atoms with Crippen LogP contribution in [0, 0.1) is 5.82 Å². The van der Waals surface area contributed by atoms with E-state index in [-0.39, 0.29) is 24.0 Å². The summed E-state index contributed by atoms with van der Waals surface area (Å²) in [6.45, 7) is 0.278. The molecule has 5 aromatic rings. The van der Waals surface area contributed by atoms with Crippen molar-refractivity contribution in [2.75, 3.05) is 5.32 Å². The molecular formula is C28H21FN4O3. The Morgan fingerprint density at radius 3 is 2.42 bits per heavy atom. The maximum Gasteiger partial charge on any atom is 0.335 e. The molecule has 2 amide bonds. The minimum absolute atomic E-state index is 0.237. The van der Waals surface area contributed by atoms with Crippen LogP contribution in [0.1, 0.15) is 15.9 Å². The summed E-state index contributed by atoms with van der Waals surface area (Å²) in [5, 5.41) is 14.7. The highest BCUT2D eigenvalue weighted by molar-refractivity contribution is 5.90. The first-order valence-electron chi connectivity index (χ1n) is 11.2. The number of pyridine rings is 1. The maximum atomic E-state index is 13.0. The lowest BCUT2D eigenvalue weighted by Crippen LogP contribution is -2.28. The zero-order valence-electron chi connectivity index (χ0n) is 19.0. The van der Waals surface area contributed by atoms with Gasteiger partial charge in [-0.1, -0.05) is 36.4 Å². The summed E-state index contributed by atoms with van der Waals surface area (Å²) in [5.74, 6) is -1.28. The van der Waals surface area contributed by atoms with E-state index in [1.807, 2.05) is 40.9 Å². The van der Waals surface area contributed by atoms with Gasteiger partial charge in [-0.05, 0) is 65.2 Å². The summed E-state index contributed by atoms with van der Waals surface area (Å²) in [4.78, 5) is 28.0. The first-order chi connectivity index (χ1) is 17.5. The Balaban J connectivity index is 1.31. The Morgan fingerprint density at radius 1 is 0.889 bits per heavy atom. The third kappa shape index (κ3) is 4.92. The van der Waals surface area contributed by atoms with E-state index < -0.39 is 5.97 Å². The highest BCUT2D eigenvalue weighted by Crippen LogP contribution is 2.27. The molecule has 36 heavy (non-hydrogen) atoms. The number of fused-ring (bicyclic) bond motifs is 1. The van der Waals surface area contributed by atoms with Gasteiger partial charge in [0.15, 0.2) is 0 Å². The number of urea groups is 1. The molecular weight excluding hydrogens is 459 g/mol. The minimum Gasteiger partial charge on any atom is -0.478 e. The fourth-order valence-corrected chi connectivity index (χ4v) is 3.90. The second kappa shape index (κ2) is 9.71. The summed E-state index contributed by atoms with van der Waals surface area (Å²) in [7, 11) is 0. The number of amides is 2. The van der Waals surface area contributed by atoms with E-state index in [0.29, 0.717) is 5.69 Å². The lowest BCUT2D eigenvalue weighted by Gasteiger charge is -2.10. The predicted octanol–water partition coefficient (Wildman–Crippen LogP) is 5.83. The molecule has 0 bridgehead atoms. The number of anilines is 1. The van der Waals surface area contributed by atoms with Gasteiger partial charge in [-0.15, -0.1) is 0 Å². The average Bonchev–Trinajstić information content (AvgIpc) is 3.32. The summed E-state index contributed by atoms with van der Waals surface area (Å²) in [6.07, 6.45) is 3.67. The van der Waals surface area contributed by atoms with Gasteiger partial charge >= 0.3 is 12.0 Å². The number of benzene rings is 3. The van der Waals surface area contributed by atoms with E-state index >= 15 is 0 Å². The van der Waals surface area contributed by atoms with Crippen molar-refractivity contribution in [2.45, 2.75) is 6.54 Å². The second-order valence-corrected chi connectivity index (χ2v) is 8.18. The van der Waals surface area contributed by atoms with Gasteiger partial charge in [0.25, 0.3) is 0 Å². The normalized spacial score (nSPS) is 10.8. The second-order valence-electron chi connectivity index (χ2n) is 8.18. The molecule has 0 saturated heterocycles. The number of hydrogen-bond acceptors (Lipinski definition) is 3. The molecule has 0 aliphatic carbocycles. The van der Waals surface area contributed by atoms with Crippen LogP contribution in [0.2, 0.25) is 0 Å². The molecule has 0 saturated carbocycles. The first kappa shape index (κ1) is 22.8. The highest BCUT2D eigenvalue weighted by Gasteiger charge is 2.10. The van der Waals surface area contributed by atoms with Crippen LogP contribution in [0.15, 0.2) is 97.3 Å². The smallest absolute Gasteiger partial charge is 0.335 e. The Hall–Kier alpha value is -4.98. The molecule has 3 N–H and O–H groups in total. The van der Waals surface area contributed by atoms with Gasteiger partial charge in [-0.3, -0.25) is 4.40 Å². The zero-order chi connectivity index (χ0) is 25.1. The van der Waals surface area contributed by atoms with Gasteiger partial charge in [0, 0.05) is 24.0 Å². The summed E-state index contributed by atoms with van der Waals surface area (Å²) >= 11 is 0. The van der Waals surface area contributed by atoms with Crippen molar-refractivity contribution in [3.8, 4) is 22.4 Å². The van der Waals surface area contributed by atoms with Crippen molar-refractivity contribution in [3.63, 3.8) is 0 Å². The van der Waals surface area contributed by atoms with E-state index in [9.17, 15) is 14.0 Å². The van der Waals surface area contributed by atoms with Gasteiger partial charge < -0.3 is 15.7 Å². The van der Waals surface area contributed by atoms with Crippen LogP contribution < -0.4 is 10.6 Å². The number of halogens is 1. The largest absolute Gasteiger partial charge is 0.478 e. The van der Waals surface area contributed by atoms with Crippen molar-refractivity contribution < 1.29 is 19.1 Å². The zero-order valence-corrected chi connectivity index (χ0v) is 19.0. The van der Waals surface area contributed by atoms with Gasteiger partial charge in [0.2, 0.25) is 0 Å². The molecule has 2 heterocycles. The van der Waals surface area contributed by atoms with E-state index in [2.05, 4.69) is 15.6 Å². The quantitative estimate of drug-likeness (QED) is 0.285. The number of nitrogens with one attached hydrogen (secondary N) is 2. The molecule has 0 aliphatic rings. The minimum atomic E-state index is -0.961. The number of carbonyl (C=O) groups excluding carboxylic acids is 1. The number of aromatic nitrogens is 2. The van der Waals surface area contributed by atoms with Crippen LogP contribution in [-0.4, -0.2) is 26.5 Å². The molecule has 178 valence electrons. The van der Waals surface area contributed by atoms with Crippen LogP contribution >= 0.6 is 0 Å². The Morgan fingerprint density at radius 2 is 1.67 bits per heavy atom. The lowest BCUT2D eigenvalue weighted by molar-refractivity contribution is 0.0697. The number of hydrogen-bond donors (Lipinski definition) is 3. The Labute approximate surface area is 205 Å². The number of nitrogens with zero attached hydrogens (tertiary/aromatic N) is 2. The topological polar surface area (TPSA) is 95.7 Å². The number of carboxylic acid groups (broad SMARTS) is 1. The maximum absolute atomic E-state index is 13.0. The molecule has 0 atom stereocenters. The van der Waals surface area contributed by atoms with Crippen LogP contribution in [0.5, 0.6) is 0 Å². The molecule has 0 fully saturated rings. The van der Waals surface area contributed by atoms with Crippen LogP contribution in [-0.2, 0) is 6.54 Å².